The van der Waals surface area contributed by atoms with Crippen molar-refractivity contribution >= 4 is 5.97 Å². The standard InChI is InChI=1S/C18H25NO2/c1-4-19(5-2)15-9-12-17(18(20)21-3)14-13-16-10-7-6-8-11-16/h6-12,15H,4-5,13-14H2,1-3H3/b15-9+,17-12+. The van der Waals surface area contributed by atoms with E-state index in [1.807, 2.05) is 36.6 Å². The Morgan fingerprint density at radius 3 is 2.43 bits per heavy atom. The van der Waals surface area contributed by atoms with Crippen molar-refractivity contribution in [1.29, 1.82) is 0 Å². The highest BCUT2D eigenvalue weighted by Gasteiger charge is 2.08. The lowest BCUT2D eigenvalue weighted by Crippen LogP contribution is -2.15. The largest absolute Gasteiger partial charge is 0.466 e. The van der Waals surface area contributed by atoms with Gasteiger partial charge in [0.05, 0.1) is 7.11 Å². The highest BCUT2D eigenvalue weighted by atomic mass is 16.5. The molecule has 0 bridgehead atoms. The third-order valence-corrected chi connectivity index (χ3v) is 3.38. The second-order valence-corrected chi connectivity index (χ2v) is 4.73. The van der Waals surface area contributed by atoms with Crippen LogP contribution < -0.4 is 0 Å². The van der Waals surface area contributed by atoms with Gasteiger partial charge in [0.15, 0.2) is 0 Å². The number of aryl methyl sites for hydroxylation is 1. The molecule has 1 aromatic rings. The van der Waals surface area contributed by atoms with Crippen LogP contribution in [0.3, 0.4) is 0 Å². The maximum Gasteiger partial charge on any atom is 0.333 e. The number of allylic oxidation sites excluding steroid dienone is 2. The number of hydrogen-bond acceptors (Lipinski definition) is 3. The van der Waals surface area contributed by atoms with Crippen LogP contribution in [0.4, 0.5) is 0 Å². The third-order valence-electron chi connectivity index (χ3n) is 3.38. The minimum atomic E-state index is -0.255. The summed E-state index contributed by atoms with van der Waals surface area (Å²) in [6, 6.07) is 10.2. The number of carbonyl (C=O) groups is 1. The summed E-state index contributed by atoms with van der Waals surface area (Å²) < 4.78 is 4.86. The van der Waals surface area contributed by atoms with Crippen LogP contribution in [-0.4, -0.2) is 31.1 Å². The molecule has 3 heteroatoms. The van der Waals surface area contributed by atoms with Gasteiger partial charge in [-0.3, -0.25) is 0 Å². The second kappa shape index (κ2) is 9.81. The van der Waals surface area contributed by atoms with Crippen molar-refractivity contribution in [3.8, 4) is 0 Å². The Morgan fingerprint density at radius 1 is 1.19 bits per heavy atom. The molecule has 0 aliphatic rings. The molecule has 0 atom stereocenters. The minimum Gasteiger partial charge on any atom is -0.466 e. The zero-order valence-electron chi connectivity index (χ0n) is 13.2. The van der Waals surface area contributed by atoms with Crippen molar-refractivity contribution in [3.63, 3.8) is 0 Å². The molecular formula is C18H25NO2. The molecule has 0 spiro atoms. The van der Waals surface area contributed by atoms with Gasteiger partial charge >= 0.3 is 5.97 Å². The van der Waals surface area contributed by atoms with Gasteiger partial charge in [0.25, 0.3) is 0 Å². The molecule has 114 valence electrons. The molecule has 0 N–H and O–H groups in total. The van der Waals surface area contributed by atoms with E-state index in [2.05, 4.69) is 30.9 Å². The van der Waals surface area contributed by atoms with E-state index in [9.17, 15) is 4.79 Å². The van der Waals surface area contributed by atoms with Gasteiger partial charge in [-0.25, -0.2) is 4.79 Å². The first-order valence-electron chi connectivity index (χ1n) is 7.44. The first-order chi connectivity index (χ1) is 10.2. The molecule has 1 aromatic carbocycles. The Bertz CT molecular complexity index is 473. The van der Waals surface area contributed by atoms with E-state index < -0.39 is 0 Å². The SMILES string of the molecule is CCN(/C=C/C=C(\CCc1ccccc1)C(=O)OC)CC. The number of esters is 1. The topological polar surface area (TPSA) is 29.5 Å². The van der Waals surface area contributed by atoms with Crippen molar-refractivity contribution < 1.29 is 9.53 Å². The zero-order chi connectivity index (χ0) is 15.5. The van der Waals surface area contributed by atoms with E-state index in [1.165, 1.54) is 12.7 Å². The van der Waals surface area contributed by atoms with Crippen LogP contribution in [-0.2, 0) is 16.0 Å². The van der Waals surface area contributed by atoms with Crippen molar-refractivity contribution in [3.05, 3.63) is 59.8 Å². The van der Waals surface area contributed by atoms with Crippen LogP contribution in [0.2, 0.25) is 0 Å². The Kier molecular flexibility index (Phi) is 7.95. The fourth-order valence-electron chi connectivity index (χ4n) is 2.02. The molecular weight excluding hydrogens is 262 g/mol. The summed E-state index contributed by atoms with van der Waals surface area (Å²) in [5, 5.41) is 0. The smallest absolute Gasteiger partial charge is 0.333 e. The maximum atomic E-state index is 11.8. The molecule has 1 rings (SSSR count). The van der Waals surface area contributed by atoms with E-state index in [4.69, 9.17) is 4.74 Å². The molecule has 0 amide bonds. The molecule has 0 fully saturated rings. The van der Waals surface area contributed by atoms with Gasteiger partial charge in [0.2, 0.25) is 0 Å². The van der Waals surface area contributed by atoms with E-state index >= 15 is 0 Å². The lowest BCUT2D eigenvalue weighted by molar-refractivity contribution is -0.136. The van der Waals surface area contributed by atoms with Gasteiger partial charge in [-0.05, 0) is 44.5 Å². The third kappa shape index (κ3) is 6.30. The lowest BCUT2D eigenvalue weighted by atomic mass is 10.0. The van der Waals surface area contributed by atoms with E-state index in [1.54, 1.807) is 0 Å². The number of nitrogens with zero attached hydrogens (tertiary/aromatic N) is 1. The van der Waals surface area contributed by atoms with Crippen LogP contribution in [0.5, 0.6) is 0 Å². The second-order valence-electron chi connectivity index (χ2n) is 4.73. The van der Waals surface area contributed by atoms with E-state index in [0.717, 1.165) is 19.5 Å². The van der Waals surface area contributed by atoms with E-state index in [-0.39, 0.29) is 5.97 Å². The summed E-state index contributed by atoms with van der Waals surface area (Å²) in [7, 11) is 1.42. The van der Waals surface area contributed by atoms with Crippen LogP contribution in [0.15, 0.2) is 54.3 Å². The normalized spacial score (nSPS) is 11.7. The van der Waals surface area contributed by atoms with Crippen molar-refractivity contribution in [2.24, 2.45) is 0 Å². The van der Waals surface area contributed by atoms with Crippen LogP contribution >= 0.6 is 0 Å². The molecule has 0 saturated carbocycles. The zero-order valence-corrected chi connectivity index (χ0v) is 13.2. The van der Waals surface area contributed by atoms with Gasteiger partial charge in [0, 0.05) is 18.7 Å². The van der Waals surface area contributed by atoms with Gasteiger partial charge in [-0.2, -0.15) is 0 Å². The highest BCUT2D eigenvalue weighted by molar-refractivity contribution is 5.88. The van der Waals surface area contributed by atoms with Gasteiger partial charge in [0.1, 0.15) is 0 Å². The molecule has 21 heavy (non-hydrogen) atoms. The summed E-state index contributed by atoms with van der Waals surface area (Å²) >= 11 is 0. The number of hydrogen-bond donors (Lipinski definition) is 0. The Labute approximate surface area is 127 Å². The fourth-order valence-corrected chi connectivity index (χ4v) is 2.02. The number of rotatable bonds is 8. The van der Waals surface area contributed by atoms with Crippen LogP contribution in [0, 0.1) is 0 Å². The Balaban J connectivity index is 2.69. The molecule has 0 aromatic heterocycles. The van der Waals surface area contributed by atoms with Crippen molar-refractivity contribution in [1.82, 2.24) is 4.90 Å². The maximum absolute atomic E-state index is 11.8. The van der Waals surface area contributed by atoms with Gasteiger partial charge in [-0.1, -0.05) is 36.4 Å². The Morgan fingerprint density at radius 2 is 1.86 bits per heavy atom. The highest BCUT2D eigenvalue weighted by Crippen LogP contribution is 2.11. The number of benzene rings is 1. The average Bonchev–Trinajstić information content (AvgIpc) is 2.54. The molecule has 0 radical (unpaired) electrons. The molecule has 0 unspecified atom stereocenters. The number of carbonyl (C=O) groups excluding carboxylic acids is 1. The van der Waals surface area contributed by atoms with E-state index in [0.29, 0.717) is 12.0 Å². The molecule has 0 heterocycles. The van der Waals surface area contributed by atoms with Crippen LogP contribution in [0.25, 0.3) is 0 Å². The molecule has 0 saturated heterocycles. The Hall–Kier alpha value is -2.03. The minimum absolute atomic E-state index is 0.255. The monoisotopic (exact) mass is 287 g/mol. The molecule has 3 nitrogen and oxygen atoms in total. The summed E-state index contributed by atoms with van der Waals surface area (Å²) in [5.74, 6) is -0.255. The number of methoxy groups -OCH3 is 1. The van der Waals surface area contributed by atoms with Gasteiger partial charge in [-0.15, -0.1) is 0 Å². The predicted molar refractivity (Wildman–Crippen MR) is 86.9 cm³/mol. The summed E-state index contributed by atoms with van der Waals surface area (Å²) in [4.78, 5) is 14.0. The van der Waals surface area contributed by atoms with Gasteiger partial charge < -0.3 is 9.64 Å². The van der Waals surface area contributed by atoms with Crippen molar-refractivity contribution in [2.45, 2.75) is 26.7 Å². The van der Waals surface area contributed by atoms with Crippen LogP contribution in [0.1, 0.15) is 25.8 Å². The molecule has 0 aliphatic carbocycles. The quantitative estimate of drug-likeness (QED) is 0.416. The first kappa shape index (κ1) is 17.0. The lowest BCUT2D eigenvalue weighted by Gasteiger charge is -2.14. The summed E-state index contributed by atoms with van der Waals surface area (Å²) in [5.41, 5.74) is 1.92. The number of ether oxygens (including phenoxy) is 1. The summed E-state index contributed by atoms with van der Waals surface area (Å²) in [6.45, 7) is 6.12. The predicted octanol–water partition coefficient (Wildman–Crippen LogP) is 3.57. The summed E-state index contributed by atoms with van der Waals surface area (Å²) in [6.07, 6.45) is 7.29. The molecule has 0 aliphatic heterocycles. The fraction of sp³-hybridized carbons (Fsp3) is 0.389. The average molecular weight is 287 g/mol. The van der Waals surface area contributed by atoms with Crippen molar-refractivity contribution in [2.75, 3.05) is 20.2 Å². The first-order valence-corrected chi connectivity index (χ1v) is 7.44.